The van der Waals surface area contributed by atoms with E-state index in [2.05, 4.69) is 4.98 Å². The summed E-state index contributed by atoms with van der Waals surface area (Å²) in [6, 6.07) is 5.53. The highest BCUT2D eigenvalue weighted by Crippen LogP contribution is 2.39. The van der Waals surface area contributed by atoms with Gasteiger partial charge in [-0.15, -0.1) is 0 Å². The number of rotatable bonds is 3. The number of nitrogens with two attached hydrogens (primary N) is 1. The van der Waals surface area contributed by atoms with Crippen molar-refractivity contribution in [1.82, 2.24) is 14.8 Å². The summed E-state index contributed by atoms with van der Waals surface area (Å²) in [7, 11) is 1.54. The van der Waals surface area contributed by atoms with Crippen molar-refractivity contribution >= 4 is 22.8 Å². The fourth-order valence-electron chi connectivity index (χ4n) is 3.49. The maximum Gasteiger partial charge on any atom is 0.326 e. The molecule has 2 bridgehead atoms. The maximum absolute atomic E-state index is 12.5. The summed E-state index contributed by atoms with van der Waals surface area (Å²) in [5.74, 6) is 0.265. The largest absolute Gasteiger partial charge is 0.492 e. The first-order chi connectivity index (χ1) is 11.1. The highest BCUT2D eigenvalue weighted by molar-refractivity contribution is 6.03. The van der Waals surface area contributed by atoms with Crippen LogP contribution in [0.3, 0.4) is 0 Å². The third kappa shape index (κ3) is 2.00. The number of fused-ring (bicyclic) bond motifs is 6. The number of aromatic nitrogens is 1. The molecule has 120 valence electrons. The zero-order valence-electron chi connectivity index (χ0n) is 12.8. The smallest absolute Gasteiger partial charge is 0.326 e. The Morgan fingerprint density at radius 1 is 1.39 bits per heavy atom. The Bertz CT molecular complexity index is 813. The number of amides is 3. The van der Waals surface area contributed by atoms with E-state index in [0.717, 1.165) is 27.9 Å². The summed E-state index contributed by atoms with van der Waals surface area (Å²) in [4.78, 5) is 30.9. The standard InChI is InChI=1S/C16H18N4O3/c1-19-15(21)11-7-20(16(19)22)8-13-14(11)10-6-9(23-5-4-17)2-3-12(10)18-13/h2-3,6,11,18H,4-5,7-8,17H2,1H3. The second-order valence-electron chi connectivity index (χ2n) is 5.97. The number of hydrogen-bond acceptors (Lipinski definition) is 4. The molecule has 4 rings (SSSR count). The first kappa shape index (κ1) is 14.1. The Labute approximate surface area is 133 Å². The number of benzene rings is 1. The van der Waals surface area contributed by atoms with Crippen molar-refractivity contribution in [1.29, 1.82) is 0 Å². The third-order valence-corrected chi connectivity index (χ3v) is 4.56. The summed E-state index contributed by atoms with van der Waals surface area (Å²) < 4.78 is 5.59. The summed E-state index contributed by atoms with van der Waals surface area (Å²) in [6.07, 6.45) is 0. The topological polar surface area (TPSA) is 91.7 Å². The van der Waals surface area contributed by atoms with Crippen LogP contribution in [0.2, 0.25) is 0 Å². The lowest BCUT2D eigenvalue weighted by Gasteiger charge is -2.40. The van der Waals surface area contributed by atoms with Gasteiger partial charge in [0.2, 0.25) is 5.91 Å². The van der Waals surface area contributed by atoms with Gasteiger partial charge in [0.15, 0.2) is 0 Å². The molecule has 1 aromatic heterocycles. The number of hydrogen-bond donors (Lipinski definition) is 2. The van der Waals surface area contributed by atoms with Crippen molar-refractivity contribution in [2.24, 2.45) is 5.73 Å². The van der Waals surface area contributed by atoms with Crippen molar-refractivity contribution < 1.29 is 14.3 Å². The molecule has 0 radical (unpaired) electrons. The van der Waals surface area contributed by atoms with Gasteiger partial charge in [0, 0.05) is 36.7 Å². The summed E-state index contributed by atoms with van der Waals surface area (Å²) in [6.45, 7) is 1.84. The Morgan fingerprint density at radius 3 is 3.00 bits per heavy atom. The molecule has 3 amide bonds. The van der Waals surface area contributed by atoms with E-state index in [0.29, 0.717) is 26.2 Å². The van der Waals surface area contributed by atoms with Gasteiger partial charge in [0.1, 0.15) is 12.4 Å². The Hall–Kier alpha value is -2.54. The van der Waals surface area contributed by atoms with E-state index < -0.39 is 0 Å². The molecule has 0 aliphatic carbocycles. The molecule has 2 aliphatic heterocycles. The molecule has 1 saturated heterocycles. The van der Waals surface area contributed by atoms with Crippen LogP contribution in [-0.2, 0) is 11.3 Å². The number of nitrogens with zero attached hydrogens (tertiary/aromatic N) is 2. The minimum absolute atomic E-state index is 0.152. The lowest BCUT2D eigenvalue weighted by Crippen LogP contribution is -2.55. The molecule has 2 aromatic rings. The molecular weight excluding hydrogens is 296 g/mol. The number of aromatic amines is 1. The molecule has 3 heterocycles. The van der Waals surface area contributed by atoms with Gasteiger partial charge in [-0.2, -0.15) is 0 Å². The second kappa shape index (κ2) is 4.99. The molecule has 1 unspecified atom stereocenters. The molecule has 0 spiro atoms. The quantitative estimate of drug-likeness (QED) is 0.884. The second-order valence-corrected chi connectivity index (χ2v) is 5.97. The molecule has 23 heavy (non-hydrogen) atoms. The van der Waals surface area contributed by atoms with Gasteiger partial charge in [-0.3, -0.25) is 9.69 Å². The van der Waals surface area contributed by atoms with Crippen LogP contribution in [0.4, 0.5) is 4.79 Å². The zero-order valence-corrected chi connectivity index (χ0v) is 12.8. The fraction of sp³-hybridized carbons (Fsp3) is 0.375. The van der Waals surface area contributed by atoms with Crippen molar-refractivity contribution in [2.75, 3.05) is 26.7 Å². The van der Waals surface area contributed by atoms with Crippen LogP contribution >= 0.6 is 0 Å². The number of likely N-dealkylation sites (N-methyl/N-ethyl adjacent to an activating group) is 1. The first-order valence-corrected chi connectivity index (χ1v) is 7.64. The van der Waals surface area contributed by atoms with Crippen LogP contribution in [0.25, 0.3) is 10.9 Å². The van der Waals surface area contributed by atoms with E-state index >= 15 is 0 Å². The fourth-order valence-corrected chi connectivity index (χ4v) is 3.49. The molecule has 1 fully saturated rings. The van der Waals surface area contributed by atoms with Gasteiger partial charge in [-0.05, 0) is 23.8 Å². The van der Waals surface area contributed by atoms with Gasteiger partial charge < -0.3 is 20.4 Å². The number of carbonyl (C=O) groups is 2. The number of nitrogens with one attached hydrogen (secondary N) is 1. The molecule has 1 atom stereocenters. The van der Waals surface area contributed by atoms with Gasteiger partial charge >= 0.3 is 6.03 Å². The molecule has 0 saturated carbocycles. The average molecular weight is 314 g/mol. The Balaban J connectivity index is 1.83. The first-order valence-electron chi connectivity index (χ1n) is 7.64. The molecule has 3 N–H and O–H groups in total. The van der Waals surface area contributed by atoms with E-state index in [4.69, 9.17) is 10.5 Å². The van der Waals surface area contributed by atoms with E-state index in [1.165, 1.54) is 4.90 Å². The lowest BCUT2D eigenvalue weighted by atomic mass is 9.89. The minimum atomic E-state index is -0.319. The SMILES string of the molecule is CN1C(=O)C2CN(Cc3[nH]c4ccc(OCCN)cc4c32)C1=O. The van der Waals surface area contributed by atoms with Gasteiger partial charge in [0.25, 0.3) is 0 Å². The van der Waals surface area contributed by atoms with Crippen LogP contribution in [-0.4, -0.2) is 53.5 Å². The number of ether oxygens (including phenoxy) is 1. The normalized spacial score (nSPS) is 20.2. The summed E-state index contributed by atoms with van der Waals surface area (Å²) >= 11 is 0. The number of H-pyrrole nitrogens is 1. The van der Waals surface area contributed by atoms with Crippen LogP contribution in [0.15, 0.2) is 18.2 Å². The van der Waals surface area contributed by atoms with Crippen molar-refractivity contribution in [3.8, 4) is 5.75 Å². The Morgan fingerprint density at radius 2 is 2.22 bits per heavy atom. The summed E-state index contributed by atoms with van der Waals surface area (Å²) in [5, 5.41) is 0.982. The molecule has 2 aliphatic rings. The number of carbonyl (C=O) groups excluding carboxylic acids is 2. The predicted molar refractivity (Wildman–Crippen MR) is 84.2 cm³/mol. The van der Waals surface area contributed by atoms with E-state index in [-0.39, 0.29) is 17.9 Å². The van der Waals surface area contributed by atoms with Crippen LogP contribution < -0.4 is 10.5 Å². The van der Waals surface area contributed by atoms with Gasteiger partial charge in [-0.25, -0.2) is 4.79 Å². The van der Waals surface area contributed by atoms with Gasteiger partial charge in [0.05, 0.1) is 12.5 Å². The maximum atomic E-state index is 12.5. The van der Waals surface area contributed by atoms with Crippen LogP contribution in [0.5, 0.6) is 5.75 Å². The lowest BCUT2D eigenvalue weighted by molar-refractivity contribution is -0.132. The van der Waals surface area contributed by atoms with Crippen molar-refractivity contribution in [3.05, 3.63) is 29.5 Å². The highest BCUT2D eigenvalue weighted by Gasteiger charge is 2.43. The summed E-state index contributed by atoms with van der Waals surface area (Å²) in [5.41, 5.74) is 8.34. The van der Waals surface area contributed by atoms with Crippen LogP contribution in [0, 0.1) is 0 Å². The van der Waals surface area contributed by atoms with E-state index in [1.807, 2.05) is 18.2 Å². The number of imide groups is 1. The monoisotopic (exact) mass is 314 g/mol. The highest BCUT2D eigenvalue weighted by atomic mass is 16.5. The molecular formula is C16H18N4O3. The van der Waals surface area contributed by atoms with E-state index in [1.54, 1.807) is 11.9 Å². The van der Waals surface area contributed by atoms with E-state index in [9.17, 15) is 9.59 Å². The van der Waals surface area contributed by atoms with Crippen molar-refractivity contribution in [2.45, 2.75) is 12.5 Å². The molecule has 1 aromatic carbocycles. The van der Waals surface area contributed by atoms with Crippen molar-refractivity contribution in [3.63, 3.8) is 0 Å². The number of urea groups is 1. The predicted octanol–water partition coefficient (Wildman–Crippen LogP) is 0.997. The third-order valence-electron chi connectivity index (χ3n) is 4.56. The van der Waals surface area contributed by atoms with Crippen LogP contribution in [0.1, 0.15) is 17.2 Å². The average Bonchev–Trinajstić information content (AvgIpc) is 2.93. The molecule has 7 heteroatoms. The van der Waals surface area contributed by atoms with Gasteiger partial charge in [-0.1, -0.05) is 0 Å². The minimum Gasteiger partial charge on any atom is -0.492 e. The zero-order chi connectivity index (χ0) is 16.1. The molecule has 7 nitrogen and oxygen atoms in total. The Kier molecular flexibility index (Phi) is 3.05.